The maximum Gasteiger partial charge on any atom is 0.310 e. The number of carboxylic acids is 1. The number of aliphatic carboxylic acids is 1. The highest BCUT2D eigenvalue weighted by Crippen LogP contribution is 2.29. The summed E-state index contributed by atoms with van der Waals surface area (Å²) in [6.45, 7) is 3.55. The van der Waals surface area contributed by atoms with Crippen molar-refractivity contribution in [1.82, 2.24) is 0 Å². The Morgan fingerprint density at radius 1 is 0.824 bits per heavy atom. The van der Waals surface area contributed by atoms with Crippen molar-refractivity contribution in [2.75, 3.05) is 14.2 Å². The van der Waals surface area contributed by atoms with Crippen molar-refractivity contribution in [3.63, 3.8) is 0 Å². The molecule has 0 amide bonds. The molecule has 2 atom stereocenters. The van der Waals surface area contributed by atoms with Crippen LogP contribution in [0.3, 0.4) is 0 Å². The molecule has 0 heterocycles. The minimum atomic E-state index is -0.813. The molecule has 1 N–H and O–H groups in total. The van der Waals surface area contributed by atoms with Crippen molar-refractivity contribution in [3.8, 4) is 11.5 Å². The number of carbonyl (C=O) groups excluding carboxylic acids is 1. The number of rotatable bonds is 6. The Bertz CT molecular complexity index is 1270. The van der Waals surface area contributed by atoms with Gasteiger partial charge in [-0.25, -0.2) is 4.79 Å². The predicted octanol–water partition coefficient (Wildman–Crippen LogP) is 6.28. The summed E-state index contributed by atoms with van der Waals surface area (Å²) in [7, 11) is 3.28. The molecular weight excluding hydrogens is 430 g/mol. The summed E-state index contributed by atoms with van der Waals surface area (Å²) in [5, 5.41) is 13.1. The Kier molecular flexibility index (Phi) is 8.01. The van der Waals surface area contributed by atoms with Gasteiger partial charge in [-0.3, -0.25) is 4.79 Å². The Morgan fingerprint density at radius 2 is 1.32 bits per heavy atom. The number of aliphatic imine (C=N–C) groups is 1. The first-order chi connectivity index (χ1) is 16.4. The molecule has 2 unspecified atom stereocenters. The molecule has 0 saturated heterocycles. The fourth-order valence-corrected chi connectivity index (χ4v) is 3.73. The maximum atomic E-state index is 10.9. The molecule has 0 bridgehead atoms. The van der Waals surface area contributed by atoms with E-state index in [0.29, 0.717) is 0 Å². The topological polar surface area (TPSA) is 85.2 Å². The lowest BCUT2D eigenvalue weighted by Gasteiger charge is -2.10. The van der Waals surface area contributed by atoms with Gasteiger partial charge in [-0.2, -0.15) is 4.99 Å². The maximum absolute atomic E-state index is 10.9. The fraction of sp³-hybridized carbons (Fsp3) is 0.214. The first-order valence-electron chi connectivity index (χ1n) is 10.8. The molecule has 0 spiro atoms. The van der Waals surface area contributed by atoms with Crippen LogP contribution in [0.25, 0.3) is 21.5 Å². The second-order valence-corrected chi connectivity index (χ2v) is 7.84. The van der Waals surface area contributed by atoms with Crippen LogP contribution in [0.5, 0.6) is 11.5 Å². The molecule has 0 saturated carbocycles. The predicted molar refractivity (Wildman–Crippen MR) is 134 cm³/mol. The summed E-state index contributed by atoms with van der Waals surface area (Å²) in [6, 6.07) is 23.1. The third kappa shape index (κ3) is 5.42. The smallest absolute Gasteiger partial charge is 0.310 e. The van der Waals surface area contributed by atoms with E-state index < -0.39 is 11.9 Å². The minimum absolute atomic E-state index is 0.164. The van der Waals surface area contributed by atoms with Gasteiger partial charge in [0.15, 0.2) is 0 Å². The first-order valence-corrected chi connectivity index (χ1v) is 10.8. The van der Waals surface area contributed by atoms with Crippen molar-refractivity contribution >= 4 is 33.6 Å². The van der Waals surface area contributed by atoms with Gasteiger partial charge in [0, 0.05) is 10.8 Å². The highest BCUT2D eigenvalue weighted by atomic mass is 16.5. The second kappa shape index (κ2) is 11.1. The molecule has 0 aliphatic heterocycles. The normalized spacial score (nSPS) is 12.1. The summed E-state index contributed by atoms with van der Waals surface area (Å²) in [4.78, 5) is 24.9. The van der Waals surface area contributed by atoms with Gasteiger partial charge < -0.3 is 14.6 Å². The van der Waals surface area contributed by atoms with Crippen LogP contribution < -0.4 is 9.47 Å². The van der Waals surface area contributed by atoms with Crippen LogP contribution in [0, 0.1) is 0 Å². The van der Waals surface area contributed by atoms with Crippen LogP contribution in [0.2, 0.25) is 0 Å². The Balaban J connectivity index is 0.000000191. The van der Waals surface area contributed by atoms with Gasteiger partial charge in [0.25, 0.3) is 0 Å². The summed E-state index contributed by atoms with van der Waals surface area (Å²) in [5.74, 6) is 0.343. The number of fused-ring (bicyclic) bond motifs is 2. The number of carboxylic acid groups (broad SMARTS) is 1. The molecule has 4 aromatic rings. The number of carbonyl (C=O) groups is 1. The average Bonchev–Trinajstić information content (AvgIpc) is 2.87. The zero-order valence-corrected chi connectivity index (χ0v) is 19.6. The zero-order chi connectivity index (χ0) is 24.7. The third-order valence-corrected chi connectivity index (χ3v) is 5.77. The molecule has 6 heteroatoms. The highest BCUT2D eigenvalue weighted by Gasteiger charge is 2.14. The van der Waals surface area contributed by atoms with E-state index in [9.17, 15) is 9.59 Å². The van der Waals surface area contributed by atoms with Crippen molar-refractivity contribution in [2.45, 2.75) is 25.8 Å². The van der Waals surface area contributed by atoms with Crippen molar-refractivity contribution in [3.05, 3.63) is 83.9 Å². The summed E-state index contributed by atoms with van der Waals surface area (Å²) in [6.07, 6.45) is 1.59. The summed E-state index contributed by atoms with van der Waals surface area (Å²) < 4.78 is 10.5. The number of isocyanates is 1. The monoisotopic (exact) mass is 457 g/mol. The van der Waals surface area contributed by atoms with Gasteiger partial charge in [0.05, 0.1) is 26.2 Å². The first kappa shape index (κ1) is 24.5. The van der Waals surface area contributed by atoms with Gasteiger partial charge in [-0.15, -0.1) is 0 Å². The lowest BCUT2D eigenvalue weighted by Crippen LogP contribution is -2.07. The number of methoxy groups -OCH3 is 2. The van der Waals surface area contributed by atoms with Gasteiger partial charge in [-0.1, -0.05) is 54.6 Å². The molecule has 0 aliphatic carbocycles. The second-order valence-electron chi connectivity index (χ2n) is 7.84. The van der Waals surface area contributed by atoms with Crippen LogP contribution >= 0.6 is 0 Å². The van der Waals surface area contributed by atoms with E-state index in [0.717, 1.165) is 44.2 Å². The van der Waals surface area contributed by atoms with E-state index in [1.165, 1.54) is 0 Å². The third-order valence-electron chi connectivity index (χ3n) is 5.77. The number of ether oxygens (including phenoxy) is 2. The minimum Gasteiger partial charge on any atom is -0.496 e. The number of hydrogen-bond acceptors (Lipinski definition) is 5. The average molecular weight is 458 g/mol. The van der Waals surface area contributed by atoms with Crippen LogP contribution in [0.15, 0.2) is 77.8 Å². The van der Waals surface area contributed by atoms with E-state index in [4.69, 9.17) is 14.6 Å². The summed E-state index contributed by atoms with van der Waals surface area (Å²) >= 11 is 0. The van der Waals surface area contributed by atoms with Gasteiger partial charge >= 0.3 is 5.97 Å². The van der Waals surface area contributed by atoms with Crippen LogP contribution in [-0.4, -0.2) is 31.4 Å². The standard InChI is InChI=1S/C14H13NO2.C14H14O3/c1-10(15-9-16)11-6-7-13-12(8-11)4-3-5-14(13)17-2;1-9(14(15)16)10-6-7-12-11(8-10)4-3-5-13(12)17-2/h3-8,10H,1-2H3;3-9H,1-2H3,(H,15,16). The molecule has 4 rings (SSSR count). The molecule has 0 aliphatic rings. The van der Waals surface area contributed by atoms with Crippen LogP contribution in [-0.2, 0) is 9.59 Å². The molecule has 6 nitrogen and oxygen atoms in total. The van der Waals surface area contributed by atoms with Crippen molar-refractivity contribution in [2.24, 2.45) is 4.99 Å². The number of nitrogens with zero attached hydrogens (tertiary/aromatic N) is 1. The molecule has 34 heavy (non-hydrogen) atoms. The largest absolute Gasteiger partial charge is 0.496 e. The number of hydrogen-bond donors (Lipinski definition) is 1. The molecule has 4 aromatic carbocycles. The lowest BCUT2D eigenvalue weighted by molar-refractivity contribution is -0.138. The molecule has 0 aromatic heterocycles. The zero-order valence-electron chi connectivity index (χ0n) is 19.6. The van der Waals surface area contributed by atoms with E-state index in [2.05, 4.69) is 4.99 Å². The van der Waals surface area contributed by atoms with Crippen LogP contribution in [0.1, 0.15) is 36.9 Å². The van der Waals surface area contributed by atoms with Gasteiger partial charge in [-0.05, 0) is 53.9 Å². The van der Waals surface area contributed by atoms with Crippen LogP contribution in [0.4, 0.5) is 0 Å². The summed E-state index contributed by atoms with van der Waals surface area (Å²) in [5.41, 5.74) is 1.80. The van der Waals surface area contributed by atoms with Gasteiger partial charge in [0.2, 0.25) is 6.08 Å². The van der Waals surface area contributed by atoms with Gasteiger partial charge in [0.1, 0.15) is 11.5 Å². The van der Waals surface area contributed by atoms with E-state index in [1.807, 2.05) is 79.7 Å². The lowest BCUT2D eigenvalue weighted by atomic mass is 9.98. The van der Waals surface area contributed by atoms with Crippen molar-refractivity contribution in [1.29, 1.82) is 0 Å². The van der Waals surface area contributed by atoms with E-state index in [1.54, 1.807) is 27.2 Å². The molecular formula is C28H27NO5. The Hall–Kier alpha value is -4.15. The molecule has 0 radical (unpaired) electrons. The molecule has 174 valence electrons. The SMILES string of the molecule is COc1cccc2cc(C(C)C(=O)O)ccc12.COc1cccc2cc(C(C)N=C=O)ccc12. The van der Waals surface area contributed by atoms with E-state index >= 15 is 0 Å². The van der Waals surface area contributed by atoms with E-state index in [-0.39, 0.29) is 6.04 Å². The fourth-order valence-electron chi connectivity index (χ4n) is 3.73. The quantitative estimate of drug-likeness (QED) is 0.272. The highest BCUT2D eigenvalue weighted by molar-refractivity contribution is 5.90. The van der Waals surface area contributed by atoms with Crippen molar-refractivity contribution < 1.29 is 24.2 Å². The molecule has 0 fully saturated rings. The Labute approximate surface area is 198 Å². The Morgan fingerprint density at radius 3 is 1.79 bits per heavy atom. The number of benzene rings is 4.